The van der Waals surface area contributed by atoms with Crippen LogP contribution in [-0.2, 0) is 27.8 Å². The maximum Gasteiger partial charge on any atom is 0.243 e. The minimum absolute atomic E-state index is 0.00804. The lowest BCUT2D eigenvalue weighted by Crippen LogP contribution is -2.57. The highest BCUT2D eigenvalue weighted by Crippen LogP contribution is 2.32. The molecule has 2 aliphatic heterocycles. The molecule has 0 radical (unpaired) electrons. The zero-order chi connectivity index (χ0) is 20.8. The molecule has 2 aliphatic rings. The number of nitrogens with zero attached hydrogens (tertiary/aromatic N) is 3. The molecule has 2 heterocycles. The lowest BCUT2D eigenvalue weighted by Gasteiger charge is -2.43. The summed E-state index contributed by atoms with van der Waals surface area (Å²) in [4.78, 5) is 16.1. The van der Waals surface area contributed by atoms with E-state index in [1.807, 2.05) is 18.2 Å². The van der Waals surface area contributed by atoms with Gasteiger partial charge in [0.05, 0.1) is 11.3 Å². The minimum Gasteiger partial charge on any atom is -0.315 e. The molecule has 1 saturated heterocycles. The Morgan fingerprint density at radius 1 is 1.00 bits per heavy atom. The van der Waals surface area contributed by atoms with Gasteiger partial charge in [-0.05, 0) is 43.2 Å². The molecule has 0 aliphatic carbocycles. The lowest BCUT2D eigenvalue weighted by molar-refractivity contribution is -0.117. The Morgan fingerprint density at radius 3 is 2.31 bits per heavy atom. The maximum absolute atomic E-state index is 13.3. The summed E-state index contributed by atoms with van der Waals surface area (Å²) in [5.41, 5.74) is 2.81. The first-order valence-electron chi connectivity index (χ1n) is 9.96. The zero-order valence-corrected chi connectivity index (χ0v) is 17.9. The van der Waals surface area contributed by atoms with Crippen molar-refractivity contribution in [3.8, 4) is 0 Å². The van der Waals surface area contributed by atoms with Gasteiger partial charge >= 0.3 is 0 Å². The number of sulfonamides is 1. The van der Waals surface area contributed by atoms with Crippen LogP contribution in [0.25, 0.3) is 0 Å². The predicted octanol–water partition coefficient (Wildman–Crippen LogP) is 2.49. The number of fused-ring (bicyclic) bond motifs is 1. The van der Waals surface area contributed by atoms with Crippen LogP contribution in [0.1, 0.15) is 25.0 Å². The van der Waals surface area contributed by atoms with Crippen molar-refractivity contribution >= 4 is 21.6 Å². The summed E-state index contributed by atoms with van der Waals surface area (Å²) in [6.07, 6.45) is 0.257. The van der Waals surface area contributed by atoms with E-state index in [1.165, 1.54) is 5.56 Å². The number of benzene rings is 2. The summed E-state index contributed by atoms with van der Waals surface area (Å²) in [6.45, 7) is 5.88. The topological polar surface area (TPSA) is 60.9 Å². The van der Waals surface area contributed by atoms with Gasteiger partial charge in [-0.3, -0.25) is 9.69 Å². The predicted molar refractivity (Wildman–Crippen MR) is 113 cm³/mol. The zero-order valence-electron chi connectivity index (χ0n) is 17.1. The number of likely N-dealkylation sites (N-methyl/N-ethyl adjacent to an activating group) is 1. The van der Waals surface area contributed by atoms with Crippen LogP contribution in [0, 0.1) is 0 Å². The molecule has 2 atom stereocenters. The van der Waals surface area contributed by atoms with Gasteiger partial charge in [0.15, 0.2) is 0 Å². The molecule has 0 N–H and O–H groups in total. The number of rotatable bonds is 4. The van der Waals surface area contributed by atoms with Crippen molar-refractivity contribution in [2.24, 2.45) is 0 Å². The van der Waals surface area contributed by atoms with E-state index in [2.05, 4.69) is 30.9 Å². The number of hydrogen-bond donors (Lipinski definition) is 0. The average molecular weight is 414 g/mol. The molecular formula is C22H27N3O3S. The van der Waals surface area contributed by atoms with Gasteiger partial charge in [-0.25, -0.2) is 8.42 Å². The summed E-state index contributed by atoms with van der Waals surface area (Å²) in [6, 6.07) is 15.5. The summed E-state index contributed by atoms with van der Waals surface area (Å²) in [7, 11) is -1.88. The smallest absolute Gasteiger partial charge is 0.243 e. The SMILES string of the molecule is CC1CN(S(=O)(=O)c2ccc3c(c2)CC(=O)N3C)CC(C)N1Cc1ccccc1. The molecule has 4 rings (SSSR count). The number of anilines is 1. The molecule has 7 heteroatoms. The van der Waals surface area contributed by atoms with Gasteiger partial charge in [0, 0.05) is 44.5 Å². The van der Waals surface area contributed by atoms with E-state index in [0.717, 1.165) is 17.8 Å². The molecular weight excluding hydrogens is 386 g/mol. The van der Waals surface area contributed by atoms with Crippen molar-refractivity contribution in [1.82, 2.24) is 9.21 Å². The van der Waals surface area contributed by atoms with Crippen LogP contribution in [0.2, 0.25) is 0 Å². The van der Waals surface area contributed by atoms with Crippen molar-refractivity contribution < 1.29 is 13.2 Å². The number of carbonyl (C=O) groups is 1. The molecule has 0 spiro atoms. The van der Waals surface area contributed by atoms with Crippen molar-refractivity contribution in [2.45, 2.75) is 43.8 Å². The summed E-state index contributed by atoms with van der Waals surface area (Å²) in [5, 5.41) is 0. The first-order valence-corrected chi connectivity index (χ1v) is 11.4. The van der Waals surface area contributed by atoms with E-state index in [0.29, 0.717) is 13.1 Å². The Bertz CT molecular complexity index is 1010. The fourth-order valence-electron chi connectivity index (χ4n) is 4.37. The first-order chi connectivity index (χ1) is 13.8. The number of amides is 1. The Balaban J connectivity index is 1.53. The van der Waals surface area contributed by atoms with Crippen LogP contribution >= 0.6 is 0 Å². The van der Waals surface area contributed by atoms with Crippen molar-refractivity contribution in [2.75, 3.05) is 25.0 Å². The molecule has 0 bridgehead atoms. The van der Waals surface area contributed by atoms with Crippen molar-refractivity contribution in [1.29, 1.82) is 0 Å². The van der Waals surface area contributed by atoms with E-state index in [-0.39, 0.29) is 29.3 Å². The van der Waals surface area contributed by atoms with Gasteiger partial charge in [0.2, 0.25) is 15.9 Å². The van der Waals surface area contributed by atoms with Crippen molar-refractivity contribution in [3.05, 3.63) is 59.7 Å². The van der Waals surface area contributed by atoms with Gasteiger partial charge in [-0.15, -0.1) is 0 Å². The highest BCUT2D eigenvalue weighted by Gasteiger charge is 2.37. The van der Waals surface area contributed by atoms with Gasteiger partial charge < -0.3 is 4.90 Å². The van der Waals surface area contributed by atoms with Crippen molar-refractivity contribution in [3.63, 3.8) is 0 Å². The summed E-state index contributed by atoms with van der Waals surface area (Å²) >= 11 is 0. The number of hydrogen-bond acceptors (Lipinski definition) is 4. The van der Waals surface area contributed by atoms with Gasteiger partial charge in [0.25, 0.3) is 0 Å². The van der Waals surface area contributed by atoms with Crippen LogP contribution in [0.3, 0.4) is 0 Å². The largest absolute Gasteiger partial charge is 0.315 e. The molecule has 0 saturated carbocycles. The second-order valence-electron chi connectivity index (χ2n) is 8.10. The van der Waals surface area contributed by atoms with Crippen LogP contribution in [0.5, 0.6) is 0 Å². The molecule has 2 unspecified atom stereocenters. The average Bonchev–Trinajstić information content (AvgIpc) is 2.98. The third-order valence-electron chi connectivity index (χ3n) is 6.04. The number of piperazine rings is 1. The molecule has 6 nitrogen and oxygen atoms in total. The molecule has 2 aromatic rings. The fourth-order valence-corrected chi connectivity index (χ4v) is 6.02. The quantitative estimate of drug-likeness (QED) is 0.773. The van der Waals surface area contributed by atoms with Crippen LogP contribution in [0.15, 0.2) is 53.4 Å². The first kappa shape index (κ1) is 20.1. The Morgan fingerprint density at radius 2 is 1.66 bits per heavy atom. The molecule has 2 aromatic carbocycles. The standard InChI is InChI=1S/C22H27N3O3S/c1-16-13-24(14-17(2)25(16)15-18-7-5-4-6-8-18)29(27,28)20-9-10-21-19(11-20)12-22(26)23(21)3/h4-11,16-17H,12-15H2,1-3H3. The van der Waals surface area contributed by atoms with Crippen LogP contribution in [0.4, 0.5) is 5.69 Å². The van der Waals surface area contributed by atoms with Crippen LogP contribution in [-0.4, -0.2) is 55.8 Å². The third kappa shape index (κ3) is 3.70. The summed E-state index contributed by atoms with van der Waals surface area (Å²) in [5.74, 6) is -0.00804. The Labute approximate surface area is 172 Å². The highest BCUT2D eigenvalue weighted by atomic mass is 32.2. The molecule has 1 amide bonds. The molecule has 29 heavy (non-hydrogen) atoms. The second-order valence-corrected chi connectivity index (χ2v) is 10.0. The molecule has 154 valence electrons. The second kappa shape index (κ2) is 7.55. The Kier molecular flexibility index (Phi) is 5.23. The van der Waals surface area contributed by atoms with E-state index >= 15 is 0 Å². The maximum atomic E-state index is 13.3. The van der Waals surface area contributed by atoms with E-state index < -0.39 is 10.0 Å². The van der Waals surface area contributed by atoms with Gasteiger partial charge in [-0.1, -0.05) is 30.3 Å². The highest BCUT2D eigenvalue weighted by molar-refractivity contribution is 7.89. The Hall–Kier alpha value is -2.22. The third-order valence-corrected chi connectivity index (χ3v) is 7.87. The van der Waals surface area contributed by atoms with E-state index in [1.54, 1.807) is 34.5 Å². The van der Waals surface area contributed by atoms with Crippen LogP contribution < -0.4 is 4.90 Å². The number of carbonyl (C=O) groups excluding carboxylic acids is 1. The minimum atomic E-state index is -3.60. The fraction of sp³-hybridized carbons (Fsp3) is 0.409. The van der Waals surface area contributed by atoms with E-state index in [9.17, 15) is 13.2 Å². The monoisotopic (exact) mass is 413 g/mol. The molecule has 1 fully saturated rings. The normalized spacial score (nSPS) is 23.4. The van der Waals surface area contributed by atoms with Gasteiger partial charge in [0.1, 0.15) is 0 Å². The lowest BCUT2D eigenvalue weighted by atomic mass is 10.1. The summed E-state index contributed by atoms with van der Waals surface area (Å²) < 4.78 is 28.2. The molecule has 0 aromatic heterocycles. The van der Waals surface area contributed by atoms with E-state index in [4.69, 9.17) is 0 Å². The van der Waals surface area contributed by atoms with Gasteiger partial charge in [-0.2, -0.15) is 4.31 Å².